The van der Waals surface area contributed by atoms with Crippen LogP contribution in [0.5, 0.6) is 0 Å². The summed E-state index contributed by atoms with van der Waals surface area (Å²) in [7, 11) is 0. The standard InChI is InChI=1S/C22H30N2O2/c1-14-7-8-20(9-15(14)2)24-16(3)10-21(19(24)6)22(25)13-23-11-17(4)26-18(5)12-23/h7-10,17-18H,11-13H2,1-6H3/t17-,18-/m0/s1. The van der Waals surface area contributed by atoms with Crippen LogP contribution >= 0.6 is 0 Å². The van der Waals surface area contributed by atoms with Crippen molar-refractivity contribution < 1.29 is 9.53 Å². The summed E-state index contributed by atoms with van der Waals surface area (Å²) >= 11 is 0. The fourth-order valence-corrected chi connectivity index (χ4v) is 4.01. The highest BCUT2D eigenvalue weighted by Crippen LogP contribution is 2.23. The fourth-order valence-electron chi connectivity index (χ4n) is 4.01. The van der Waals surface area contributed by atoms with Gasteiger partial charge in [0.2, 0.25) is 0 Å². The molecule has 2 atom stereocenters. The lowest BCUT2D eigenvalue weighted by atomic mass is 10.1. The number of carbonyl (C=O) groups is 1. The van der Waals surface area contributed by atoms with Crippen LogP contribution in [0.1, 0.15) is 46.7 Å². The fraction of sp³-hybridized carbons (Fsp3) is 0.500. The number of ketones is 1. The predicted octanol–water partition coefficient (Wildman–Crippen LogP) is 4.00. The van der Waals surface area contributed by atoms with Gasteiger partial charge in [-0.15, -0.1) is 0 Å². The number of aryl methyl sites for hydroxylation is 3. The molecular formula is C22H30N2O2. The molecule has 2 aromatic rings. The topological polar surface area (TPSA) is 34.5 Å². The van der Waals surface area contributed by atoms with Crippen LogP contribution in [0.3, 0.4) is 0 Å². The second kappa shape index (κ2) is 7.37. The van der Waals surface area contributed by atoms with E-state index >= 15 is 0 Å². The zero-order valence-electron chi connectivity index (χ0n) is 16.8. The van der Waals surface area contributed by atoms with Gasteiger partial charge in [-0.05, 0) is 70.9 Å². The number of morpholine rings is 1. The van der Waals surface area contributed by atoms with Crippen molar-refractivity contribution >= 4 is 5.78 Å². The number of nitrogens with zero attached hydrogens (tertiary/aromatic N) is 2. The minimum absolute atomic E-state index is 0.175. The third-order valence-corrected chi connectivity index (χ3v) is 5.34. The highest BCUT2D eigenvalue weighted by Gasteiger charge is 2.25. The predicted molar refractivity (Wildman–Crippen MR) is 105 cm³/mol. The van der Waals surface area contributed by atoms with Gasteiger partial charge in [0, 0.05) is 35.7 Å². The average molecular weight is 354 g/mol. The Morgan fingerprint density at radius 3 is 2.31 bits per heavy atom. The maximum atomic E-state index is 13.0. The van der Waals surface area contributed by atoms with Crippen molar-refractivity contribution in [2.24, 2.45) is 0 Å². The first-order chi connectivity index (χ1) is 12.3. The minimum atomic E-state index is 0.175. The van der Waals surface area contributed by atoms with Gasteiger partial charge in [-0.3, -0.25) is 9.69 Å². The van der Waals surface area contributed by atoms with Crippen LogP contribution in [-0.4, -0.2) is 47.1 Å². The Kier molecular flexibility index (Phi) is 5.35. The van der Waals surface area contributed by atoms with E-state index in [2.05, 4.69) is 62.3 Å². The molecule has 0 N–H and O–H groups in total. The summed E-state index contributed by atoms with van der Waals surface area (Å²) in [6.45, 7) is 14.6. The molecular weight excluding hydrogens is 324 g/mol. The van der Waals surface area contributed by atoms with E-state index in [1.54, 1.807) is 0 Å². The van der Waals surface area contributed by atoms with Gasteiger partial charge >= 0.3 is 0 Å². The van der Waals surface area contributed by atoms with Crippen molar-refractivity contribution in [2.75, 3.05) is 19.6 Å². The van der Waals surface area contributed by atoms with Crippen LogP contribution in [-0.2, 0) is 4.74 Å². The Hall–Kier alpha value is -1.91. The van der Waals surface area contributed by atoms with Crippen LogP contribution in [0, 0.1) is 27.7 Å². The van der Waals surface area contributed by atoms with Gasteiger partial charge in [0.15, 0.2) is 5.78 Å². The first kappa shape index (κ1) is 18.9. The lowest BCUT2D eigenvalue weighted by Gasteiger charge is -2.34. The Labute approximate surface area is 156 Å². The van der Waals surface area contributed by atoms with E-state index in [0.717, 1.165) is 35.7 Å². The zero-order valence-corrected chi connectivity index (χ0v) is 16.8. The summed E-state index contributed by atoms with van der Waals surface area (Å²) in [5.74, 6) is 0.189. The number of benzene rings is 1. The Morgan fingerprint density at radius 2 is 1.69 bits per heavy atom. The smallest absolute Gasteiger partial charge is 0.178 e. The van der Waals surface area contributed by atoms with E-state index in [1.807, 2.05) is 13.0 Å². The van der Waals surface area contributed by atoms with E-state index in [-0.39, 0.29) is 18.0 Å². The molecule has 2 heterocycles. The Balaban J connectivity index is 1.85. The number of Topliss-reactive ketones (excluding diaryl/α,β-unsaturated/α-hetero) is 1. The molecule has 0 bridgehead atoms. The van der Waals surface area contributed by atoms with Gasteiger partial charge < -0.3 is 9.30 Å². The molecule has 1 saturated heterocycles. The monoisotopic (exact) mass is 354 g/mol. The molecule has 1 aromatic heterocycles. The molecule has 3 rings (SSSR count). The molecule has 4 nitrogen and oxygen atoms in total. The molecule has 1 aromatic carbocycles. The van der Waals surface area contributed by atoms with E-state index in [9.17, 15) is 4.79 Å². The van der Waals surface area contributed by atoms with Gasteiger partial charge in [-0.2, -0.15) is 0 Å². The molecule has 140 valence electrons. The molecule has 0 amide bonds. The number of hydrogen-bond acceptors (Lipinski definition) is 3. The highest BCUT2D eigenvalue weighted by molar-refractivity contribution is 5.99. The molecule has 0 saturated carbocycles. The first-order valence-corrected chi connectivity index (χ1v) is 9.44. The molecule has 1 aliphatic rings. The molecule has 1 fully saturated rings. The van der Waals surface area contributed by atoms with Crippen LogP contribution in [0.2, 0.25) is 0 Å². The van der Waals surface area contributed by atoms with E-state index in [0.29, 0.717) is 6.54 Å². The number of ether oxygens (including phenoxy) is 1. The quantitative estimate of drug-likeness (QED) is 0.778. The number of aromatic nitrogens is 1. The molecule has 0 aliphatic carbocycles. The molecule has 1 aliphatic heterocycles. The van der Waals surface area contributed by atoms with Crippen molar-refractivity contribution in [1.29, 1.82) is 0 Å². The number of carbonyl (C=O) groups excluding carboxylic acids is 1. The van der Waals surface area contributed by atoms with Crippen molar-refractivity contribution in [3.05, 3.63) is 52.3 Å². The molecule has 4 heteroatoms. The second-order valence-corrected chi connectivity index (χ2v) is 7.76. The van der Waals surface area contributed by atoms with Gasteiger partial charge in [0.25, 0.3) is 0 Å². The Bertz CT molecular complexity index is 812. The van der Waals surface area contributed by atoms with Crippen molar-refractivity contribution in [3.8, 4) is 5.69 Å². The summed E-state index contributed by atoms with van der Waals surface area (Å²) < 4.78 is 7.96. The van der Waals surface area contributed by atoms with Crippen molar-refractivity contribution in [1.82, 2.24) is 9.47 Å². The molecule has 0 unspecified atom stereocenters. The SMILES string of the molecule is Cc1ccc(-n2c(C)cc(C(=O)CN3C[C@H](C)O[C@@H](C)C3)c2C)cc1C. The minimum Gasteiger partial charge on any atom is -0.373 e. The van der Waals surface area contributed by atoms with Crippen LogP contribution < -0.4 is 0 Å². The number of hydrogen-bond donors (Lipinski definition) is 0. The van der Waals surface area contributed by atoms with E-state index in [1.165, 1.54) is 11.1 Å². The highest BCUT2D eigenvalue weighted by atomic mass is 16.5. The lowest BCUT2D eigenvalue weighted by Crippen LogP contribution is -2.47. The normalized spacial score (nSPS) is 21.2. The lowest BCUT2D eigenvalue weighted by molar-refractivity contribution is -0.0652. The van der Waals surface area contributed by atoms with Gasteiger partial charge in [0.05, 0.1) is 18.8 Å². The summed E-state index contributed by atoms with van der Waals surface area (Å²) in [6.07, 6.45) is 0.351. The largest absolute Gasteiger partial charge is 0.373 e. The maximum absolute atomic E-state index is 13.0. The van der Waals surface area contributed by atoms with Crippen LogP contribution in [0.25, 0.3) is 5.69 Å². The molecule has 0 radical (unpaired) electrons. The average Bonchev–Trinajstić information content (AvgIpc) is 2.84. The number of rotatable bonds is 4. The summed E-state index contributed by atoms with van der Waals surface area (Å²) in [5.41, 5.74) is 6.61. The third kappa shape index (κ3) is 3.76. The first-order valence-electron chi connectivity index (χ1n) is 9.44. The zero-order chi connectivity index (χ0) is 19.0. The van der Waals surface area contributed by atoms with Gasteiger partial charge in [-0.1, -0.05) is 6.07 Å². The van der Waals surface area contributed by atoms with Gasteiger partial charge in [-0.25, -0.2) is 0 Å². The summed E-state index contributed by atoms with van der Waals surface area (Å²) in [5, 5.41) is 0. The summed E-state index contributed by atoms with van der Waals surface area (Å²) in [6, 6.07) is 8.48. The maximum Gasteiger partial charge on any atom is 0.178 e. The molecule has 26 heavy (non-hydrogen) atoms. The Morgan fingerprint density at radius 1 is 1.04 bits per heavy atom. The van der Waals surface area contributed by atoms with Crippen molar-refractivity contribution in [3.63, 3.8) is 0 Å². The van der Waals surface area contributed by atoms with Crippen molar-refractivity contribution in [2.45, 2.75) is 53.8 Å². The third-order valence-electron chi connectivity index (χ3n) is 5.34. The van der Waals surface area contributed by atoms with Crippen LogP contribution in [0.4, 0.5) is 0 Å². The molecule has 0 spiro atoms. The second-order valence-electron chi connectivity index (χ2n) is 7.76. The summed E-state index contributed by atoms with van der Waals surface area (Å²) in [4.78, 5) is 15.2. The van der Waals surface area contributed by atoms with E-state index < -0.39 is 0 Å². The van der Waals surface area contributed by atoms with Crippen LogP contribution in [0.15, 0.2) is 24.3 Å². The van der Waals surface area contributed by atoms with E-state index in [4.69, 9.17) is 4.74 Å². The van der Waals surface area contributed by atoms with Gasteiger partial charge in [0.1, 0.15) is 0 Å².